The zero-order chi connectivity index (χ0) is 20.3. The zero-order valence-corrected chi connectivity index (χ0v) is 16.4. The average Bonchev–Trinajstić information content (AvgIpc) is 3.52. The molecule has 0 spiro atoms. The molecule has 4 heterocycles. The SMILES string of the molecule is O=C1CCCN1CCCNc1ncccc1-c1nc(-c2ccc3c(c2)OCO3)n[nH]1. The quantitative estimate of drug-likeness (QED) is 0.581. The Morgan fingerprint density at radius 3 is 3.03 bits per heavy atom. The van der Waals surface area contributed by atoms with Crippen LogP contribution in [0.5, 0.6) is 11.5 Å². The molecule has 1 saturated heterocycles. The molecule has 0 unspecified atom stereocenters. The second kappa shape index (κ2) is 8.02. The van der Waals surface area contributed by atoms with Crippen LogP contribution in [0.3, 0.4) is 0 Å². The Morgan fingerprint density at radius 2 is 2.13 bits per heavy atom. The predicted octanol–water partition coefficient (Wildman–Crippen LogP) is 2.69. The largest absolute Gasteiger partial charge is 0.454 e. The van der Waals surface area contributed by atoms with E-state index in [1.807, 2.05) is 35.2 Å². The van der Waals surface area contributed by atoms with E-state index in [4.69, 9.17) is 9.47 Å². The van der Waals surface area contributed by atoms with Crippen molar-refractivity contribution in [3.63, 3.8) is 0 Å². The van der Waals surface area contributed by atoms with Crippen molar-refractivity contribution >= 4 is 11.7 Å². The fourth-order valence-electron chi connectivity index (χ4n) is 3.70. The molecule has 9 heteroatoms. The zero-order valence-electron chi connectivity index (χ0n) is 16.4. The van der Waals surface area contributed by atoms with E-state index < -0.39 is 0 Å². The summed E-state index contributed by atoms with van der Waals surface area (Å²) in [5.41, 5.74) is 1.68. The normalized spacial score (nSPS) is 15.1. The smallest absolute Gasteiger partial charge is 0.231 e. The van der Waals surface area contributed by atoms with Crippen molar-refractivity contribution in [2.45, 2.75) is 19.3 Å². The first kappa shape index (κ1) is 18.4. The van der Waals surface area contributed by atoms with Gasteiger partial charge in [0, 0.05) is 37.8 Å². The first-order valence-corrected chi connectivity index (χ1v) is 10.1. The van der Waals surface area contributed by atoms with Gasteiger partial charge in [-0.1, -0.05) is 0 Å². The molecule has 0 atom stereocenters. The van der Waals surface area contributed by atoms with Crippen LogP contribution in [0.1, 0.15) is 19.3 Å². The highest BCUT2D eigenvalue weighted by Crippen LogP contribution is 2.35. The number of ether oxygens (including phenoxy) is 2. The Hall–Kier alpha value is -3.62. The van der Waals surface area contributed by atoms with E-state index in [1.54, 1.807) is 6.20 Å². The number of likely N-dealkylation sites (tertiary alicyclic amines) is 1. The topological polar surface area (TPSA) is 105 Å². The van der Waals surface area contributed by atoms with Crippen LogP contribution < -0.4 is 14.8 Å². The van der Waals surface area contributed by atoms with Gasteiger partial charge in [0.25, 0.3) is 0 Å². The molecule has 2 aliphatic rings. The number of anilines is 1. The summed E-state index contributed by atoms with van der Waals surface area (Å²) in [6.45, 7) is 2.59. The first-order chi connectivity index (χ1) is 14.8. The van der Waals surface area contributed by atoms with Crippen LogP contribution in [-0.2, 0) is 4.79 Å². The Kier molecular flexibility index (Phi) is 4.92. The fourth-order valence-corrected chi connectivity index (χ4v) is 3.70. The number of hydrogen-bond acceptors (Lipinski definition) is 7. The van der Waals surface area contributed by atoms with E-state index in [-0.39, 0.29) is 12.7 Å². The molecule has 5 rings (SSSR count). The molecule has 2 aliphatic heterocycles. The fraction of sp³-hybridized carbons (Fsp3) is 0.333. The third kappa shape index (κ3) is 3.66. The Morgan fingerprint density at radius 1 is 1.20 bits per heavy atom. The molecule has 0 bridgehead atoms. The number of nitrogens with zero attached hydrogens (tertiary/aromatic N) is 4. The number of H-pyrrole nitrogens is 1. The summed E-state index contributed by atoms with van der Waals surface area (Å²) in [7, 11) is 0. The van der Waals surface area contributed by atoms with Crippen LogP contribution in [0, 0.1) is 0 Å². The van der Waals surface area contributed by atoms with Gasteiger partial charge in [-0.25, -0.2) is 9.97 Å². The molecule has 1 amide bonds. The molecule has 0 radical (unpaired) electrons. The van der Waals surface area contributed by atoms with Crippen molar-refractivity contribution in [2.75, 3.05) is 31.7 Å². The van der Waals surface area contributed by atoms with Gasteiger partial charge in [0.05, 0.1) is 5.56 Å². The highest BCUT2D eigenvalue weighted by Gasteiger charge is 2.19. The standard InChI is InChI=1S/C21H22N6O3/c28-18-5-2-10-27(18)11-3-9-23-20-15(4-1-8-22-20)21-24-19(25-26-21)14-6-7-16-17(12-14)30-13-29-16/h1,4,6-8,12H,2-3,5,9-11,13H2,(H,22,23)(H,24,25,26). The lowest BCUT2D eigenvalue weighted by Crippen LogP contribution is -2.27. The van der Waals surface area contributed by atoms with Gasteiger partial charge < -0.3 is 19.7 Å². The van der Waals surface area contributed by atoms with Gasteiger partial charge in [-0.05, 0) is 43.2 Å². The van der Waals surface area contributed by atoms with Gasteiger partial charge in [-0.3, -0.25) is 9.89 Å². The summed E-state index contributed by atoms with van der Waals surface area (Å²) in [6.07, 6.45) is 4.24. The minimum Gasteiger partial charge on any atom is -0.454 e. The molecule has 2 aromatic heterocycles. The third-order valence-electron chi connectivity index (χ3n) is 5.25. The maximum absolute atomic E-state index is 11.7. The molecule has 1 aromatic carbocycles. The summed E-state index contributed by atoms with van der Waals surface area (Å²) in [5.74, 6) is 3.62. The molecule has 3 aromatic rings. The summed E-state index contributed by atoms with van der Waals surface area (Å²) in [6, 6.07) is 9.45. The van der Waals surface area contributed by atoms with E-state index >= 15 is 0 Å². The van der Waals surface area contributed by atoms with Gasteiger partial charge in [0.15, 0.2) is 23.1 Å². The second-order valence-electron chi connectivity index (χ2n) is 7.24. The average molecular weight is 406 g/mol. The predicted molar refractivity (Wildman–Crippen MR) is 110 cm³/mol. The van der Waals surface area contributed by atoms with E-state index in [1.165, 1.54) is 0 Å². The van der Waals surface area contributed by atoms with Crippen molar-refractivity contribution in [2.24, 2.45) is 0 Å². The van der Waals surface area contributed by atoms with Crippen LogP contribution >= 0.6 is 0 Å². The number of fused-ring (bicyclic) bond motifs is 1. The number of aromatic amines is 1. The lowest BCUT2D eigenvalue weighted by atomic mass is 10.2. The van der Waals surface area contributed by atoms with Gasteiger partial charge in [-0.2, -0.15) is 5.10 Å². The maximum Gasteiger partial charge on any atom is 0.231 e. The van der Waals surface area contributed by atoms with Gasteiger partial charge in [-0.15, -0.1) is 0 Å². The van der Waals surface area contributed by atoms with E-state index in [2.05, 4.69) is 25.5 Å². The van der Waals surface area contributed by atoms with Crippen LogP contribution in [0.2, 0.25) is 0 Å². The van der Waals surface area contributed by atoms with Gasteiger partial charge in [0.2, 0.25) is 12.7 Å². The molecule has 154 valence electrons. The molecular weight excluding hydrogens is 384 g/mol. The molecule has 0 saturated carbocycles. The molecule has 2 N–H and O–H groups in total. The molecule has 30 heavy (non-hydrogen) atoms. The number of aromatic nitrogens is 4. The van der Waals surface area contributed by atoms with Crippen molar-refractivity contribution < 1.29 is 14.3 Å². The van der Waals surface area contributed by atoms with E-state index in [0.717, 1.165) is 55.2 Å². The molecule has 1 fully saturated rings. The lowest BCUT2D eigenvalue weighted by Gasteiger charge is -2.15. The number of benzene rings is 1. The number of nitrogens with one attached hydrogen (secondary N) is 2. The summed E-state index contributed by atoms with van der Waals surface area (Å²) < 4.78 is 10.8. The van der Waals surface area contributed by atoms with Crippen LogP contribution in [0.15, 0.2) is 36.5 Å². The van der Waals surface area contributed by atoms with Crippen LogP contribution in [0.25, 0.3) is 22.8 Å². The Bertz CT molecular complexity index is 1070. The molecular formula is C21H22N6O3. The monoisotopic (exact) mass is 406 g/mol. The summed E-state index contributed by atoms with van der Waals surface area (Å²) in [5, 5.41) is 10.7. The van der Waals surface area contributed by atoms with Gasteiger partial charge >= 0.3 is 0 Å². The number of carbonyl (C=O) groups is 1. The maximum atomic E-state index is 11.7. The van der Waals surface area contributed by atoms with Crippen molar-refractivity contribution in [1.29, 1.82) is 0 Å². The first-order valence-electron chi connectivity index (χ1n) is 10.1. The molecule has 0 aliphatic carbocycles. The van der Waals surface area contributed by atoms with Crippen molar-refractivity contribution in [3.05, 3.63) is 36.5 Å². The number of pyridine rings is 1. The number of rotatable bonds is 7. The van der Waals surface area contributed by atoms with Crippen LogP contribution in [0.4, 0.5) is 5.82 Å². The van der Waals surface area contributed by atoms with Crippen molar-refractivity contribution in [1.82, 2.24) is 25.1 Å². The van der Waals surface area contributed by atoms with Crippen LogP contribution in [-0.4, -0.2) is 57.4 Å². The lowest BCUT2D eigenvalue weighted by molar-refractivity contribution is -0.127. The summed E-state index contributed by atoms with van der Waals surface area (Å²) >= 11 is 0. The number of carbonyl (C=O) groups excluding carboxylic acids is 1. The number of hydrogen-bond donors (Lipinski definition) is 2. The third-order valence-corrected chi connectivity index (χ3v) is 5.25. The summed E-state index contributed by atoms with van der Waals surface area (Å²) in [4.78, 5) is 22.7. The van der Waals surface area contributed by atoms with Gasteiger partial charge in [0.1, 0.15) is 5.82 Å². The second-order valence-corrected chi connectivity index (χ2v) is 7.24. The number of amides is 1. The minimum atomic E-state index is 0.231. The highest BCUT2D eigenvalue weighted by molar-refractivity contribution is 5.78. The highest BCUT2D eigenvalue weighted by atomic mass is 16.7. The Labute approximate surface area is 173 Å². The van der Waals surface area contributed by atoms with E-state index in [0.29, 0.717) is 23.8 Å². The molecule has 9 nitrogen and oxygen atoms in total. The Balaban J connectivity index is 1.28. The minimum absolute atomic E-state index is 0.231. The van der Waals surface area contributed by atoms with E-state index in [9.17, 15) is 4.79 Å². The van der Waals surface area contributed by atoms with Crippen molar-refractivity contribution in [3.8, 4) is 34.3 Å².